The van der Waals surface area contributed by atoms with Crippen molar-refractivity contribution < 1.29 is 10.0 Å². The van der Waals surface area contributed by atoms with E-state index in [-0.39, 0.29) is 21.8 Å². The molecule has 9 nitrogen and oxygen atoms in total. The molecule has 0 saturated heterocycles. The Kier molecular flexibility index (Phi) is 3.89. The van der Waals surface area contributed by atoms with E-state index in [0.29, 0.717) is 5.56 Å². The molecule has 0 aliphatic rings. The highest BCUT2D eigenvalue weighted by molar-refractivity contribution is 7.71. The predicted octanol–water partition coefficient (Wildman–Crippen LogP) is 2.77. The van der Waals surface area contributed by atoms with Gasteiger partial charge in [0.1, 0.15) is 0 Å². The summed E-state index contributed by atoms with van der Waals surface area (Å²) in [7, 11) is 0. The van der Waals surface area contributed by atoms with Gasteiger partial charge in [-0.3, -0.25) is 19.9 Å². The summed E-state index contributed by atoms with van der Waals surface area (Å²) < 4.78 is -0.0528. The van der Waals surface area contributed by atoms with Gasteiger partial charge in [-0.2, -0.15) is 0 Å². The number of aromatic amines is 2. The second kappa shape index (κ2) is 5.63. The Balaban J connectivity index is 2.47. The molecule has 108 valence electrons. The lowest BCUT2D eigenvalue weighted by Crippen LogP contribution is -2.06. The fraction of sp³-hybridized carbons (Fsp3) is 0.0909. The zero-order chi connectivity index (χ0) is 15.6. The van der Waals surface area contributed by atoms with Crippen LogP contribution in [-0.4, -0.2) is 20.0 Å². The average Bonchev–Trinajstić information content (AvgIpc) is 2.39. The van der Waals surface area contributed by atoms with E-state index in [2.05, 4.69) is 32.4 Å². The lowest BCUT2D eigenvalue weighted by molar-refractivity contribution is -0.384. The highest BCUT2D eigenvalue weighted by atomic mass is 32.1. The molecule has 0 unspecified atom stereocenters. The van der Waals surface area contributed by atoms with E-state index in [1.165, 1.54) is 18.2 Å². The van der Waals surface area contributed by atoms with Gasteiger partial charge in [-0.15, -0.1) is 10.2 Å². The number of aromatic hydroxyl groups is 1. The van der Waals surface area contributed by atoms with Gasteiger partial charge in [0.05, 0.1) is 10.6 Å². The summed E-state index contributed by atoms with van der Waals surface area (Å²) in [5, 5.41) is 27.6. The van der Waals surface area contributed by atoms with Crippen LogP contribution in [0.3, 0.4) is 0 Å². The van der Waals surface area contributed by atoms with Crippen LogP contribution in [0, 0.1) is 21.8 Å². The van der Waals surface area contributed by atoms with Crippen LogP contribution in [0.1, 0.15) is 5.56 Å². The molecule has 1 aromatic heterocycles. The summed E-state index contributed by atoms with van der Waals surface area (Å²) in [6.45, 7) is 1.68. The molecule has 2 aromatic rings. The lowest BCUT2D eigenvalue weighted by Gasteiger charge is -1.99. The number of hydrogen-bond acceptors (Lipinski definition) is 7. The highest BCUT2D eigenvalue weighted by Gasteiger charge is 2.10. The number of hydrogen-bond donors (Lipinski definition) is 3. The quantitative estimate of drug-likeness (QED) is 0.346. The third-order valence-electron chi connectivity index (χ3n) is 2.56. The summed E-state index contributed by atoms with van der Waals surface area (Å²) in [5.41, 5.74) is -0.396. The minimum absolute atomic E-state index is 0.0528. The minimum Gasteiger partial charge on any atom is -0.493 e. The molecule has 21 heavy (non-hydrogen) atoms. The average molecular weight is 307 g/mol. The van der Waals surface area contributed by atoms with Crippen LogP contribution < -0.4 is 5.56 Å². The van der Waals surface area contributed by atoms with Crippen LogP contribution in [0.15, 0.2) is 33.2 Å². The molecule has 0 spiro atoms. The van der Waals surface area contributed by atoms with Crippen LogP contribution in [0.4, 0.5) is 17.1 Å². The summed E-state index contributed by atoms with van der Waals surface area (Å²) in [4.78, 5) is 26.3. The minimum atomic E-state index is -0.719. The fourth-order valence-corrected chi connectivity index (χ4v) is 1.67. The molecule has 1 heterocycles. The van der Waals surface area contributed by atoms with Gasteiger partial charge in [-0.05, 0) is 24.7 Å². The lowest BCUT2D eigenvalue weighted by atomic mass is 10.2. The second-order valence-electron chi connectivity index (χ2n) is 4.03. The van der Waals surface area contributed by atoms with Crippen molar-refractivity contribution >= 4 is 29.3 Å². The van der Waals surface area contributed by atoms with E-state index in [9.17, 15) is 20.0 Å². The molecule has 10 heteroatoms. The van der Waals surface area contributed by atoms with Crippen molar-refractivity contribution in [2.75, 3.05) is 0 Å². The van der Waals surface area contributed by atoms with E-state index in [0.717, 1.165) is 0 Å². The number of aromatic nitrogens is 2. The topological polar surface area (TPSA) is 137 Å². The van der Waals surface area contributed by atoms with E-state index in [1.807, 2.05) is 0 Å². The number of azo groups is 1. The molecule has 0 atom stereocenters. The molecule has 0 fully saturated rings. The smallest absolute Gasteiger partial charge is 0.283 e. The molecule has 0 aliphatic carbocycles. The molecule has 0 radical (unpaired) electrons. The number of nitrogens with one attached hydrogen (secondary N) is 2. The molecular weight excluding hydrogens is 298 g/mol. The monoisotopic (exact) mass is 307 g/mol. The van der Waals surface area contributed by atoms with Crippen LogP contribution in [0.5, 0.6) is 5.88 Å². The number of aryl methyl sites for hydroxylation is 1. The van der Waals surface area contributed by atoms with E-state index in [4.69, 9.17) is 0 Å². The Morgan fingerprint density at radius 3 is 2.67 bits per heavy atom. The molecular formula is C11H9N5O4S. The summed E-state index contributed by atoms with van der Waals surface area (Å²) in [6.07, 6.45) is 0. The number of benzene rings is 1. The van der Waals surface area contributed by atoms with Gasteiger partial charge in [-0.25, -0.2) is 0 Å². The van der Waals surface area contributed by atoms with Gasteiger partial charge in [0.25, 0.3) is 11.2 Å². The highest BCUT2D eigenvalue weighted by Crippen LogP contribution is 2.27. The van der Waals surface area contributed by atoms with Crippen molar-refractivity contribution in [2.24, 2.45) is 10.2 Å². The first-order valence-electron chi connectivity index (χ1n) is 5.61. The van der Waals surface area contributed by atoms with E-state index < -0.39 is 16.4 Å². The molecule has 0 saturated carbocycles. The van der Waals surface area contributed by atoms with Crippen molar-refractivity contribution in [1.29, 1.82) is 0 Å². The van der Waals surface area contributed by atoms with Crippen molar-refractivity contribution in [3.05, 3.63) is 49.0 Å². The van der Waals surface area contributed by atoms with Gasteiger partial charge in [0.15, 0.2) is 4.77 Å². The van der Waals surface area contributed by atoms with Crippen LogP contribution in [-0.2, 0) is 0 Å². The maximum atomic E-state index is 11.6. The van der Waals surface area contributed by atoms with Gasteiger partial charge < -0.3 is 10.1 Å². The van der Waals surface area contributed by atoms with Gasteiger partial charge in [0, 0.05) is 12.1 Å². The molecule has 2 rings (SSSR count). The van der Waals surface area contributed by atoms with E-state index >= 15 is 0 Å². The summed E-state index contributed by atoms with van der Waals surface area (Å²) in [6, 6.07) is 4.06. The second-order valence-corrected chi connectivity index (χ2v) is 4.44. The Morgan fingerprint density at radius 2 is 2.05 bits per heavy atom. The van der Waals surface area contributed by atoms with Crippen LogP contribution >= 0.6 is 12.2 Å². The van der Waals surface area contributed by atoms with Crippen molar-refractivity contribution in [1.82, 2.24) is 9.97 Å². The normalized spacial score (nSPS) is 10.9. The van der Waals surface area contributed by atoms with E-state index in [1.54, 1.807) is 6.92 Å². The Bertz CT molecular complexity index is 854. The third-order valence-corrected chi connectivity index (χ3v) is 2.76. The molecule has 0 bridgehead atoms. The molecule has 3 N–H and O–H groups in total. The number of H-pyrrole nitrogens is 2. The molecule has 0 amide bonds. The Labute approximate surface area is 122 Å². The number of non-ortho nitro benzene ring substituents is 1. The van der Waals surface area contributed by atoms with Gasteiger partial charge in [-0.1, -0.05) is 6.07 Å². The molecule has 0 aliphatic heterocycles. The number of nitro benzene ring substituents is 1. The van der Waals surface area contributed by atoms with Gasteiger partial charge >= 0.3 is 0 Å². The summed E-state index contributed by atoms with van der Waals surface area (Å²) in [5.74, 6) is -0.532. The number of nitrogens with zero attached hydrogens (tertiary/aromatic N) is 3. The maximum absolute atomic E-state index is 11.6. The SMILES string of the molecule is Cc1ccc([N+](=O)[O-])cc1N=Nc1c(O)[nH]c(=S)[nH]c1=O. The maximum Gasteiger partial charge on any atom is 0.283 e. The summed E-state index contributed by atoms with van der Waals surface area (Å²) >= 11 is 4.67. The standard InChI is InChI=1S/C11H9N5O4S/c1-5-2-3-6(16(19)20)4-7(5)14-15-8-9(17)12-11(21)13-10(8)18/h2-4H,1H3,(H3,12,13,17,18,21). The third kappa shape index (κ3) is 3.17. The first-order valence-corrected chi connectivity index (χ1v) is 6.01. The first-order chi connectivity index (χ1) is 9.88. The number of nitro groups is 1. The van der Waals surface area contributed by atoms with Crippen molar-refractivity contribution in [3.63, 3.8) is 0 Å². The molecule has 1 aromatic carbocycles. The number of rotatable bonds is 3. The Morgan fingerprint density at radius 1 is 1.33 bits per heavy atom. The zero-order valence-electron chi connectivity index (χ0n) is 10.7. The predicted molar refractivity (Wildman–Crippen MR) is 75.9 cm³/mol. The van der Waals surface area contributed by atoms with Crippen LogP contribution in [0.2, 0.25) is 0 Å². The fourth-order valence-electron chi connectivity index (χ4n) is 1.48. The first kappa shape index (κ1) is 14.5. The zero-order valence-corrected chi connectivity index (χ0v) is 11.5. The Hall–Kier alpha value is -2.88. The van der Waals surface area contributed by atoms with Crippen molar-refractivity contribution in [2.45, 2.75) is 6.92 Å². The largest absolute Gasteiger partial charge is 0.493 e. The van der Waals surface area contributed by atoms with Crippen LogP contribution in [0.25, 0.3) is 0 Å². The van der Waals surface area contributed by atoms with Crippen molar-refractivity contribution in [3.8, 4) is 5.88 Å². The van der Waals surface area contributed by atoms with Gasteiger partial charge in [0.2, 0.25) is 11.6 Å².